The second-order valence-corrected chi connectivity index (χ2v) is 9.51. The van der Waals surface area contributed by atoms with Crippen LogP contribution in [0.4, 0.5) is 0 Å². The molecule has 8 nitrogen and oxygen atoms in total. The van der Waals surface area contributed by atoms with Crippen molar-refractivity contribution in [3.63, 3.8) is 0 Å². The van der Waals surface area contributed by atoms with Crippen molar-refractivity contribution in [2.24, 2.45) is 5.92 Å². The van der Waals surface area contributed by atoms with E-state index in [4.69, 9.17) is 10.1 Å². The highest BCUT2D eigenvalue weighted by molar-refractivity contribution is 5.41. The van der Waals surface area contributed by atoms with Gasteiger partial charge in [-0.05, 0) is 58.7 Å². The van der Waals surface area contributed by atoms with Crippen molar-refractivity contribution < 1.29 is 0 Å². The van der Waals surface area contributed by atoms with E-state index < -0.39 is 5.54 Å². The highest BCUT2D eigenvalue weighted by Crippen LogP contribution is 2.31. The molecule has 2 aromatic heterocycles. The van der Waals surface area contributed by atoms with Gasteiger partial charge < -0.3 is 5.32 Å². The van der Waals surface area contributed by atoms with Crippen molar-refractivity contribution in [3.05, 3.63) is 77.3 Å². The van der Waals surface area contributed by atoms with Gasteiger partial charge in [0.1, 0.15) is 11.4 Å². The Morgan fingerprint density at radius 2 is 1.91 bits per heavy atom. The molecule has 3 aromatic rings. The molecule has 8 heteroatoms. The van der Waals surface area contributed by atoms with Crippen LogP contribution in [0.25, 0.3) is 0 Å². The molecule has 0 bridgehead atoms. The predicted octanol–water partition coefficient (Wildman–Crippen LogP) is 4.22. The molecule has 1 atom stereocenters. The number of nitrogens with zero attached hydrogens (tertiary/aromatic N) is 6. The van der Waals surface area contributed by atoms with Crippen molar-refractivity contribution >= 4 is 0 Å². The fourth-order valence-corrected chi connectivity index (χ4v) is 5.20. The van der Waals surface area contributed by atoms with Crippen LogP contribution in [0.1, 0.15) is 80.5 Å². The van der Waals surface area contributed by atoms with Gasteiger partial charge in [0.2, 0.25) is 0 Å². The van der Waals surface area contributed by atoms with E-state index in [1.165, 1.54) is 44.1 Å². The fourth-order valence-electron chi connectivity index (χ4n) is 5.20. The highest BCUT2D eigenvalue weighted by atomic mass is 15.5. The summed E-state index contributed by atoms with van der Waals surface area (Å²) in [5.41, 5.74) is 1.66. The van der Waals surface area contributed by atoms with E-state index in [1.807, 2.05) is 18.4 Å². The summed E-state index contributed by atoms with van der Waals surface area (Å²) in [6.07, 6.45) is 19.1. The molecule has 1 fully saturated rings. The maximum Gasteiger partial charge on any atom is 0.182 e. The largest absolute Gasteiger partial charge is 0.372 e. The third-order valence-corrected chi connectivity index (χ3v) is 7.09. The molecule has 1 aliphatic heterocycles. The van der Waals surface area contributed by atoms with E-state index in [9.17, 15) is 0 Å². The standard InChI is InChI=1S/C26H34N8/c1-2-8-24-28-23(16-13-20-9-4-3-5-10-20)31-34(24)19-21-11-14-22(15-12-21)26(17-6-7-18-27-26)25-29-32-33-30-25/h6-7,11-12,14-15,17-18,20,27H,2-5,8-10,13,16,19H2,1H3,(H,29,30,32,33). The maximum atomic E-state index is 4.92. The zero-order valence-electron chi connectivity index (χ0n) is 20.0. The van der Waals surface area contributed by atoms with Crippen LogP contribution in [0, 0.1) is 5.92 Å². The Labute approximate surface area is 201 Å². The van der Waals surface area contributed by atoms with Gasteiger partial charge in [0, 0.05) is 12.8 Å². The topological polar surface area (TPSA) is 97.2 Å². The fraction of sp³-hybridized carbons (Fsp3) is 0.500. The van der Waals surface area contributed by atoms with Crippen LogP contribution in [0.5, 0.6) is 0 Å². The number of dihydropyridines is 1. The number of allylic oxidation sites excluding steroid dienone is 2. The molecule has 2 N–H and O–H groups in total. The first-order valence-corrected chi connectivity index (χ1v) is 12.6. The molecular formula is C26H34N8. The number of aromatic amines is 1. The van der Waals surface area contributed by atoms with Crippen LogP contribution < -0.4 is 5.32 Å². The summed E-state index contributed by atoms with van der Waals surface area (Å²) in [4.78, 5) is 4.92. The summed E-state index contributed by atoms with van der Waals surface area (Å²) in [6.45, 7) is 2.93. The van der Waals surface area contributed by atoms with Gasteiger partial charge in [0.05, 0.1) is 6.54 Å². The SMILES string of the molecule is CCCc1nc(CCC2CCCCC2)nn1Cc1ccc(C2(c3nnn[nH]3)C=CC=CN2)cc1. The lowest BCUT2D eigenvalue weighted by atomic mass is 9.86. The molecule has 5 rings (SSSR count). The van der Waals surface area contributed by atoms with Crippen molar-refractivity contribution in [2.75, 3.05) is 0 Å². The van der Waals surface area contributed by atoms with E-state index in [0.29, 0.717) is 5.82 Å². The number of aryl methyl sites for hydroxylation is 2. The van der Waals surface area contributed by atoms with Crippen LogP contribution >= 0.6 is 0 Å². The molecular weight excluding hydrogens is 424 g/mol. The van der Waals surface area contributed by atoms with Gasteiger partial charge >= 0.3 is 0 Å². The molecule has 1 aromatic carbocycles. The van der Waals surface area contributed by atoms with Crippen LogP contribution in [0.3, 0.4) is 0 Å². The molecule has 1 saturated carbocycles. The minimum atomic E-state index is -0.607. The average molecular weight is 459 g/mol. The molecule has 1 aliphatic carbocycles. The summed E-state index contributed by atoms with van der Waals surface area (Å²) in [7, 11) is 0. The number of tetrazole rings is 1. The second kappa shape index (κ2) is 10.3. The number of nitrogens with one attached hydrogen (secondary N) is 2. The number of H-pyrrole nitrogens is 1. The zero-order chi connectivity index (χ0) is 23.2. The Kier molecular flexibility index (Phi) is 6.83. The predicted molar refractivity (Wildman–Crippen MR) is 131 cm³/mol. The number of benzene rings is 1. The van der Waals surface area contributed by atoms with Crippen LogP contribution in [-0.4, -0.2) is 35.4 Å². The third kappa shape index (κ3) is 4.81. The molecule has 178 valence electrons. The maximum absolute atomic E-state index is 4.92. The molecule has 2 aliphatic rings. The smallest absolute Gasteiger partial charge is 0.182 e. The molecule has 3 heterocycles. The summed E-state index contributed by atoms with van der Waals surface area (Å²) in [5, 5.41) is 23.0. The number of aromatic nitrogens is 7. The first-order chi connectivity index (χ1) is 16.8. The first-order valence-electron chi connectivity index (χ1n) is 12.6. The Morgan fingerprint density at radius 1 is 1.06 bits per heavy atom. The van der Waals surface area contributed by atoms with E-state index in [1.54, 1.807) is 0 Å². The average Bonchev–Trinajstić information content (AvgIpc) is 3.56. The number of hydrogen-bond donors (Lipinski definition) is 2. The number of hydrogen-bond acceptors (Lipinski definition) is 6. The van der Waals surface area contributed by atoms with Crippen molar-refractivity contribution in [3.8, 4) is 0 Å². The lowest BCUT2D eigenvalue weighted by Gasteiger charge is -2.30. The Hall–Kier alpha value is -3.29. The minimum Gasteiger partial charge on any atom is -0.372 e. The van der Waals surface area contributed by atoms with E-state index in [-0.39, 0.29) is 0 Å². The van der Waals surface area contributed by atoms with Gasteiger partial charge in [-0.15, -0.1) is 5.10 Å². The van der Waals surface area contributed by atoms with Gasteiger partial charge in [0.25, 0.3) is 0 Å². The molecule has 0 spiro atoms. The van der Waals surface area contributed by atoms with Gasteiger partial charge in [-0.2, -0.15) is 5.10 Å². The summed E-state index contributed by atoms with van der Waals surface area (Å²) >= 11 is 0. The molecule has 0 radical (unpaired) electrons. The Bertz CT molecular complexity index is 1110. The third-order valence-electron chi connectivity index (χ3n) is 7.09. The monoisotopic (exact) mass is 458 g/mol. The number of rotatable bonds is 9. The molecule has 34 heavy (non-hydrogen) atoms. The minimum absolute atomic E-state index is 0.607. The Morgan fingerprint density at radius 3 is 2.62 bits per heavy atom. The Balaban J connectivity index is 1.31. The lowest BCUT2D eigenvalue weighted by Crippen LogP contribution is -2.40. The van der Waals surface area contributed by atoms with E-state index >= 15 is 0 Å². The zero-order valence-corrected chi connectivity index (χ0v) is 20.0. The van der Waals surface area contributed by atoms with Gasteiger partial charge in [-0.25, -0.2) is 14.8 Å². The second-order valence-electron chi connectivity index (χ2n) is 9.51. The van der Waals surface area contributed by atoms with Crippen molar-refractivity contribution in [1.82, 2.24) is 40.7 Å². The molecule has 0 amide bonds. The summed E-state index contributed by atoms with van der Waals surface area (Å²) < 4.78 is 2.10. The molecule has 1 unspecified atom stereocenters. The molecule has 0 saturated heterocycles. The van der Waals surface area contributed by atoms with Gasteiger partial charge in [-0.1, -0.05) is 69.4 Å². The summed E-state index contributed by atoms with van der Waals surface area (Å²) in [6, 6.07) is 8.59. The van der Waals surface area contributed by atoms with Gasteiger partial charge in [-0.3, -0.25) is 0 Å². The quantitative estimate of drug-likeness (QED) is 0.498. The lowest BCUT2D eigenvalue weighted by molar-refractivity contribution is 0.337. The first kappa shape index (κ1) is 22.5. The van der Waals surface area contributed by atoms with Crippen LogP contribution in [0.15, 0.2) is 48.7 Å². The van der Waals surface area contributed by atoms with Crippen molar-refractivity contribution in [2.45, 2.75) is 76.8 Å². The van der Waals surface area contributed by atoms with E-state index in [0.717, 1.165) is 48.9 Å². The summed E-state index contributed by atoms with van der Waals surface area (Å²) in [5.74, 6) is 3.61. The van der Waals surface area contributed by atoms with E-state index in [2.05, 4.69) is 67.9 Å². The highest BCUT2D eigenvalue weighted by Gasteiger charge is 2.35. The van der Waals surface area contributed by atoms with Crippen LogP contribution in [-0.2, 0) is 24.9 Å². The van der Waals surface area contributed by atoms with Gasteiger partial charge in [0.15, 0.2) is 11.6 Å². The van der Waals surface area contributed by atoms with Crippen molar-refractivity contribution in [1.29, 1.82) is 0 Å². The normalized spacial score (nSPS) is 20.5. The van der Waals surface area contributed by atoms with Crippen LogP contribution in [0.2, 0.25) is 0 Å².